The number of anilines is 1. The number of hydrogen-bond donors (Lipinski definition) is 3. The number of halogens is 1. The summed E-state index contributed by atoms with van der Waals surface area (Å²) in [5.74, 6) is -1.15. The molecule has 13 nitrogen and oxygen atoms in total. The van der Waals surface area contributed by atoms with E-state index in [4.69, 9.17) is 19.4 Å². The summed E-state index contributed by atoms with van der Waals surface area (Å²) >= 11 is 1.49. The van der Waals surface area contributed by atoms with Crippen molar-refractivity contribution < 1.29 is 36.7 Å². The van der Waals surface area contributed by atoms with Gasteiger partial charge in [0.15, 0.2) is 0 Å². The Morgan fingerprint density at radius 1 is 1.05 bits per heavy atom. The number of nitrogens with one attached hydrogen (secondary N) is 3. The number of benzene rings is 2. The highest BCUT2D eigenvalue weighted by atomic mass is 32.2. The molecule has 3 N–H and O–H groups in total. The molecule has 318 valence electrons. The van der Waals surface area contributed by atoms with Gasteiger partial charge in [-0.25, -0.2) is 22.8 Å². The second-order valence-corrected chi connectivity index (χ2v) is 19.5. The summed E-state index contributed by atoms with van der Waals surface area (Å²) in [6.07, 6.45) is 7.99. The topological polar surface area (TPSA) is 169 Å². The molecule has 4 heterocycles. The second kappa shape index (κ2) is 16.8. The SMILES string of the molecule is COc1ccc2c(O[C@@H]3C[C@H]4C(=O)N[C@]5(C(=O)NS(=O)(=O)C6CC6)C[C@@H]5/C=C\CCCCC[C@H](Nc5ccc(F)cc5)C(=O)N4C3)cc(-c3nc(C(C)C)cs3)nc2c1C. The van der Waals surface area contributed by atoms with E-state index in [0.717, 1.165) is 35.5 Å². The van der Waals surface area contributed by atoms with Crippen LogP contribution in [0.15, 0.2) is 60.0 Å². The van der Waals surface area contributed by atoms with Gasteiger partial charge in [-0.2, -0.15) is 0 Å². The molecule has 0 spiro atoms. The number of hydrogen-bond acceptors (Lipinski definition) is 11. The van der Waals surface area contributed by atoms with Crippen LogP contribution in [0.4, 0.5) is 10.1 Å². The molecule has 4 aliphatic rings. The number of aromatic nitrogens is 2. The average molecular weight is 859 g/mol. The average Bonchev–Trinajstić information content (AvgIpc) is 4.10. The van der Waals surface area contributed by atoms with Crippen molar-refractivity contribution in [3.05, 3.63) is 77.1 Å². The molecule has 60 heavy (non-hydrogen) atoms. The lowest BCUT2D eigenvalue weighted by atomic mass is 10.0. The van der Waals surface area contributed by atoms with Gasteiger partial charge in [-0.3, -0.25) is 19.1 Å². The molecule has 2 aromatic heterocycles. The summed E-state index contributed by atoms with van der Waals surface area (Å²) < 4.78 is 54.6. The van der Waals surface area contributed by atoms with E-state index in [9.17, 15) is 27.2 Å². The first-order valence-electron chi connectivity index (χ1n) is 20.7. The Balaban J connectivity index is 1.15. The number of thiazole rings is 1. The first kappa shape index (κ1) is 41.6. The Hall–Kier alpha value is -5.09. The summed E-state index contributed by atoms with van der Waals surface area (Å²) in [5.41, 5.74) is 2.09. The maximum absolute atomic E-state index is 14.8. The van der Waals surface area contributed by atoms with Crippen LogP contribution in [0.5, 0.6) is 11.5 Å². The Morgan fingerprint density at radius 2 is 1.83 bits per heavy atom. The lowest BCUT2D eigenvalue weighted by Crippen LogP contribution is -2.57. The minimum atomic E-state index is -3.90. The predicted molar refractivity (Wildman–Crippen MR) is 228 cm³/mol. The van der Waals surface area contributed by atoms with E-state index in [1.807, 2.05) is 42.7 Å². The van der Waals surface area contributed by atoms with E-state index < -0.39 is 62.5 Å². The number of fused-ring (bicyclic) bond motifs is 3. The lowest BCUT2D eigenvalue weighted by molar-refractivity contribution is -0.140. The number of aryl methyl sites for hydroxylation is 1. The van der Waals surface area contributed by atoms with Crippen LogP contribution in [-0.4, -0.2) is 83.6 Å². The first-order chi connectivity index (χ1) is 28.8. The lowest BCUT2D eigenvalue weighted by Gasteiger charge is -2.30. The van der Waals surface area contributed by atoms with Gasteiger partial charge in [0.1, 0.15) is 51.7 Å². The molecule has 0 bridgehead atoms. The summed E-state index contributed by atoms with van der Waals surface area (Å²) in [5, 5.41) is 9.08. The standard InChI is InChI=1S/C44H51FN6O7S2/c1-25(2)35-24-59-41(48-35)34-21-38(32-18-19-37(57-4)26(3)39(32)47-34)58-30-20-36-40(52)49-44(43(54)50-60(55,56)31-16-17-31)22-27(44)10-8-6-5-7-9-11-33(42(53)51(36)23-30)46-29-14-12-28(45)13-15-29/h8,10,12-15,18-19,21,24-25,27,30-31,33,36,46H,5-7,9,11,16-17,20,22-23H2,1-4H3,(H,49,52)(H,50,54)/b10-8-/t27-,30+,33-,36-,44+/m0/s1. The zero-order valence-corrected chi connectivity index (χ0v) is 35.8. The molecule has 0 unspecified atom stereocenters. The van der Waals surface area contributed by atoms with E-state index in [1.54, 1.807) is 19.2 Å². The van der Waals surface area contributed by atoms with E-state index in [0.29, 0.717) is 59.5 Å². The van der Waals surface area contributed by atoms with Gasteiger partial charge >= 0.3 is 0 Å². The summed E-state index contributed by atoms with van der Waals surface area (Å²) in [6, 6.07) is 9.53. The quantitative estimate of drug-likeness (QED) is 0.145. The molecule has 2 aliphatic heterocycles. The predicted octanol–water partition coefficient (Wildman–Crippen LogP) is 6.77. The molecule has 3 amide bonds. The van der Waals surface area contributed by atoms with Crippen molar-refractivity contribution in [2.45, 2.75) is 113 Å². The van der Waals surface area contributed by atoms with E-state index in [-0.39, 0.29) is 31.2 Å². The molecular weight excluding hydrogens is 808 g/mol. The number of methoxy groups -OCH3 is 1. The number of allylic oxidation sites excluding steroid dienone is 1. The van der Waals surface area contributed by atoms with Gasteiger partial charge in [0.05, 0.1) is 30.1 Å². The number of carbonyl (C=O) groups excluding carboxylic acids is 3. The maximum Gasteiger partial charge on any atom is 0.259 e. The van der Waals surface area contributed by atoms with Gasteiger partial charge in [-0.1, -0.05) is 38.8 Å². The second-order valence-electron chi connectivity index (χ2n) is 16.7. The van der Waals surface area contributed by atoms with Crippen molar-refractivity contribution in [2.75, 3.05) is 19.0 Å². The molecule has 0 radical (unpaired) electrons. The maximum atomic E-state index is 14.8. The van der Waals surface area contributed by atoms with Crippen LogP contribution >= 0.6 is 11.3 Å². The molecule has 1 saturated heterocycles. The van der Waals surface area contributed by atoms with Crippen LogP contribution < -0.4 is 24.8 Å². The normalized spacial score (nSPS) is 25.4. The van der Waals surface area contributed by atoms with Gasteiger partial charge in [-0.15, -0.1) is 11.3 Å². The minimum absolute atomic E-state index is 0.0418. The van der Waals surface area contributed by atoms with Crippen molar-refractivity contribution in [3.8, 4) is 22.2 Å². The number of carbonyl (C=O) groups is 3. The number of sulfonamides is 1. The fourth-order valence-electron chi connectivity index (χ4n) is 8.25. The number of nitrogens with zero attached hydrogens (tertiary/aromatic N) is 3. The van der Waals surface area contributed by atoms with Crippen molar-refractivity contribution in [1.82, 2.24) is 24.9 Å². The van der Waals surface area contributed by atoms with E-state index in [2.05, 4.69) is 29.2 Å². The van der Waals surface area contributed by atoms with E-state index in [1.165, 1.54) is 28.4 Å². The number of rotatable bonds is 10. The highest BCUT2D eigenvalue weighted by Crippen LogP contribution is 2.46. The van der Waals surface area contributed by atoms with Crippen LogP contribution in [0.3, 0.4) is 0 Å². The van der Waals surface area contributed by atoms with Gasteiger partial charge in [0.2, 0.25) is 21.8 Å². The Labute approximate surface area is 353 Å². The molecule has 4 aromatic rings. The smallest absolute Gasteiger partial charge is 0.259 e. The highest BCUT2D eigenvalue weighted by molar-refractivity contribution is 7.91. The summed E-state index contributed by atoms with van der Waals surface area (Å²) in [7, 11) is -2.30. The molecule has 16 heteroatoms. The van der Waals surface area contributed by atoms with Crippen LogP contribution in [0.1, 0.15) is 88.8 Å². The molecular formula is C44H51FN6O7S2. The largest absolute Gasteiger partial charge is 0.496 e. The third-order valence-electron chi connectivity index (χ3n) is 12.0. The van der Waals surface area contributed by atoms with Gasteiger partial charge in [-0.05, 0) is 87.8 Å². The fourth-order valence-corrected chi connectivity index (χ4v) is 10.6. The fraction of sp³-hybridized carbons (Fsp3) is 0.477. The number of ether oxygens (including phenoxy) is 2. The highest BCUT2D eigenvalue weighted by Gasteiger charge is 2.62. The number of pyridine rings is 1. The van der Waals surface area contributed by atoms with Crippen molar-refractivity contribution in [2.24, 2.45) is 5.92 Å². The van der Waals surface area contributed by atoms with Crippen molar-refractivity contribution >= 4 is 55.7 Å². The van der Waals surface area contributed by atoms with Gasteiger partial charge in [0.25, 0.3) is 5.91 Å². The number of amides is 3. The van der Waals surface area contributed by atoms with E-state index >= 15 is 0 Å². The van der Waals surface area contributed by atoms with Crippen LogP contribution in [0.25, 0.3) is 21.6 Å². The van der Waals surface area contributed by atoms with Gasteiger partial charge in [0, 0.05) is 40.4 Å². The van der Waals surface area contributed by atoms with Crippen molar-refractivity contribution in [3.63, 3.8) is 0 Å². The molecule has 2 saturated carbocycles. The molecule has 8 rings (SSSR count). The van der Waals surface area contributed by atoms with Gasteiger partial charge < -0.3 is 25.0 Å². The molecule has 2 aromatic carbocycles. The monoisotopic (exact) mass is 858 g/mol. The Bertz CT molecular complexity index is 2440. The zero-order valence-electron chi connectivity index (χ0n) is 34.2. The molecule has 2 aliphatic carbocycles. The third-order valence-corrected chi connectivity index (χ3v) is 14.7. The summed E-state index contributed by atoms with van der Waals surface area (Å²) in [6.45, 7) is 6.12. The van der Waals surface area contributed by atoms with Crippen LogP contribution in [0.2, 0.25) is 0 Å². The van der Waals surface area contributed by atoms with Crippen LogP contribution in [-0.2, 0) is 24.4 Å². The Kier molecular flexibility index (Phi) is 11.6. The first-order valence-corrected chi connectivity index (χ1v) is 23.2. The van der Waals surface area contributed by atoms with Crippen LogP contribution in [0, 0.1) is 18.7 Å². The third kappa shape index (κ3) is 8.58. The van der Waals surface area contributed by atoms with Crippen molar-refractivity contribution in [1.29, 1.82) is 0 Å². The minimum Gasteiger partial charge on any atom is -0.496 e. The zero-order chi connectivity index (χ0) is 42.3. The Morgan fingerprint density at radius 3 is 2.55 bits per heavy atom. The summed E-state index contributed by atoms with van der Waals surface area (Å²) in [4.78, 5) is 54.7. The molecule has 5 atom stereocenters. The molecule has 3 fully saturated rings.